The van der Waals surface area contributed by atoms with Crippen molar-refractivity contribution in [2.75, 3.05) is 0 Å². The van der Waals surface area contributed by atoms with Crippen LogP contribution in [0.15, 0.2) is 18.2 Å². The van der Waals surface area contributed by atoms with Gasteiger partial charge in [-0.15, -0.1) is 0 Å². The lowest BCUT2D eigenvalue weighted by molar-refractivity contribution is 0.646. The highest BCUT2D eigenvalue weighted by Gasteiger charge is 2.37. The van der Waals surface area contributed by atoms with Crippen LogP contribution >= 0.6 is 0 Å². The minimum absolute atomic E-state index is 0.292. The average molecular weight is 465 g/mol. The number of hydrogen-bond donors (Lipinski definition) is 0. The smallest absolute Gasteiger partial charge is 0.265 e. The van der Waals surface area contributed by atoms with Gasteiger partial charge in [-0.25, -0.2) is 0 Å². The van der Waals surface area contributed by atoms with E-state index in [0.29, 0.717) is 35.5 Å². The molecule has 0 aliphatic rings. The Morgan fingerprint density at radius 2 is 0.676 bits per heavy atom. The summed E-state index contributed by atoms with van der Waals surface area (Å²) in [6.45, 7) is 26.7. The molecule has 0 aromatic carbocycles. The monoisotopic (exact) mass is 464 g/mol. The third kappa shape index (κ3) is 5.03. The molecule has 3 aromatic heterocycles. The maximum Gasteiger partial charge on any atom is 0.569 e. The zero-order valence-electron chi connectivity index (χ0n) is 23.5. The Kier molecular flexibility index (Phi) is 7.84. The van der Waals surface area contributed by atoms with Crippen molar-refractivity contribution in [2.45, 2.75) is 119 Å². The van der Waals surface area contributed by atoms with Crippen LogP contribution in [-0.4, -0.2) is 36.2 Å². The molecule has 0 spiro atoms. The number of hydrogen-bond acceptors (Lipinski definition) is 3. The van der Waals surface area contributed by atoms with Gasteiger partial charge in [0.25, 0.3) is 0 Å². The molecule has 0 aliphatic carbocycles. The molecule has 6 nitrogen and oxygen atoms in total. The molecule has 0 N–H and O–H groups in total. The molecular weight excluding hydrogens is 419 g/mol. The summed E-state index contributed by atoms with van der Waals surface area (Å²) in [6.07, 6.45) is 0. The SMILES string of the molecule is CC(C)c1cc(C(C)C)n(B(n2nc(C(C)C)cc2C(C)C)n2nc(C(C)C)cc2C(C)C)n1. The van der Waals surface area contributed by atoms with Crippen LogP contribution < -0.4 is 0 Å². The van der Waals surface area contributed by atoms with Crippen LogP contribution in [0.1, 0.15) is 153 Å². The second kappa shape index (κ2) is 10.1. The van der Waals surface area contributed by atoms with Gasteiger partial charge in [0, 0.05) is 17.1 Å². The fourth-order valence-electron chi connectivity index (χ4n) is 4.29. The summed E-state index contributed by atoms with van der Waals surface area (Å²) in [5.74, 6) is 2.02. The molecule has 0 amide bonds. The zero-order valence-corrected chi connectivity index (χ0v) is 23.5. The molecule has 0 saturated carbocycles. The van der Waals surface area contributed by atoms with Crippen molar-refractivity contribution in [1.82, 2.24) is 29.1 Å². The minimum Gasteiger partial charge on any atom is -0.265 e. The number of aromatic nitrogens is 6. The van der Waals surface area contributed by atoms with E-state index in [1.54, 1.807) is 0 Å². The fourth-order valence-corrected chi connectivity index (χ4v) is 4.29. The van der Waals surface area contributed by atoms with Crippen molar-refractivity contribution >= 4 is 7.12 Å². The molecule has 34 heavy (non-hydrogen) atoms. The summed E-state index contributed by atoms with van der Waals surface area (Å²) in [6, 6.07) is 6.81. The molecule has 3 heterocycles. The second-order valence-electron chi connectivity index (χ2n) is 11.6. The summed E-state index contributed by atoms with van der Waals surface area (Å²) >= 11 is 0. The third-order valence-electron chi connectivity index (χ3n) is 6.56. The number of rotatable bonds is 9. The first kappa shape index (κ1) is 26.3. The van der Waals surface area contributed by atoms with E-state index in [2.05, 4.69) is 115 Å². The summed E-state index contributed by atoms with van der Waals surface area (Å²) in [5.41, 5.74) is 6.96. The van der Waals surface area contributed by atoms with Gasteiger partial charge in [0.15, 0.2) is 0 Å². The Hall–Kier alpha value is -2.31. The molecular formula is C27H45BN6. The lowest BCUT2D eigenvalue weighted by Crippen LogP contribution is -2.47. The molecule has 7 heteroatoms. The normalized spacial score (nSPS) is 12.5. The van der Waals surface area contributed by atoms with Gasteiger partial charge >= 0.3 is 7.12 Å². The van der Waals surface area contributed by atoms with Gasteiger partial charge in [-0.3, -0.25) is 13.8 Å². The highest BCUT2D eigenvalue weighted by Crippen LogP contribution is 2.28. The predicted octanol–water partition coefficient (Wildman–Crippen LogP) is 6.95. The van der Waals surface area contributed by atoms with E-state index in [-0.39, 0.29) is 7.12 Å². The van der Waals surface area contributed by atoms with Gasteiger partial charge in [0.2, 0.25) is 0 Å². The zero-order chi connectivity index (χ0) is 25.5. The molecule has 0 aliphatic heterocycles. The summed E-state index contributed by atoms with van der Waals surface area (Å²) in [5, 5.41) is 15.6. The first-order valence-electron chi connectivity index (χ1n) is 13.1. The summed E-state index contributed by atoms with van der Waals surface area (Å²) in [7, 11) is -0.292. The highest BCUT2D eigenvalue weighted by atomic mass is 15.5. The van der Waals surface area contributed by atoms with Gasteiger partial charge in [0.1, 0.15) is 0 Å². The molecule has 0 saturated heterocycles. The molecule has 186 valence electrons. The minimum atomic E-state index is -0.292. The van der Waals surface area contributed by atoms with Crippen molar-refractivity contribution < 1.29 is 0 Å². The fraction of sp³-hybridized carbons (Fsp3) is 0.667. The van der Waals surface area contributed by atoms with Gasteiger partial charge in [-0.05, 0) is 53.7 Å². The van der Waals surface area contributed by atoms with Crippen LogP contribution in [-0.2, 0) is 0 Å². The second-order valence-corrected chi connectivity index (χ2v) is 11.6. The van der Waals surface area contributed by atoms with Crippen LogP contribution in [0.25, 0.3) is 0 Å². The van der Waals surface area contributed by atoms with Gasteiger partial charge in [-0.1, -0.05) is 83.1 Å². The Morgan fingerprint density at radius 3 is 0.853 bits per heavy atom. The van der Waals surface area contributed by atoms with E-state index in [9.17, 15) is 0 Å². The van der Waals surface area contributed by atoms with Crippen molar-refractivity contribution in [2.24, 2.45) is 0 Å². The van der Waals surface area contributed by atoms with Crippen LogP contribution in [0.3, 0.4) is 0 Å². The van der Waals surface area contributed by atoms with Crippen molar-refractivity contribution in [3.8, 4) is 0 Å². The van der Waals surface area contributed by atoms with Crippen LogP contribution in [0, 0.1) is 0 Å². The molecule has 3 rings (SSSR count). The third-order valence-corrected chi connectivity index (χ3v) is 6.56. The molecule has 3 aromatic rings. The Bertz CT molecular complexity index is 958. The van der Waals surface area contributed by atoms with Crippen molar-refractivity contribution in [3.05, 3.63) is 52.4 Å². The van der Waals surface area contributed by atoms with E-state index in [0.717, 1.165) is 17.1 Å². The van der Waals surface area contributed by atoms with Crippen molar-refractivity contribution in [3.63, 3.8) is 0 Å². The van der Waals surface area contributed by atoms with E-state index >= 15 is 0 Å². The molecule has 0 fully saturated rings. The van der Waals surface area contributed by atoms with Crippen molar-refractivity contribution in [1.29, 1.82) is 0 Å². The van der Waals surface area contributed by atoms with Gasteiger partial charge < -0.3 is 0 Å². The maximum absolute atomic E-state index is 5.19. The standard InChI is InChI=1S/C27H45BN6/c1-16(2)22-13-25(19(7)8)32(29-22)28(33-26(20(9)10)14-23(30-33)17(3)4)34-27(21(11)12)15-24(31-34)18(5)6/h13-21H,1-12H3. The first-order chi connectivity index (χ1) is 15.8. The summed E-state index contributed by atoms with van der Waals surface area (Å²) < 4.78 is 6.56. The van der Waals surface area contributed by atoms with Crippen LogP contribution in [0.2, 0.25) is 0 Å². The van der Waals surface area contributed by atoms with E-state index < -0.39 is 0 Å². The summed E-state index contributed by atoms with van der Waals surface area (Å²) in [4.78, 5) is 0. The maximum atomic E-state index is 5.19. The topological polar surface area (TPSA) is 53.5 Å². The Morgan fingerprint density at radius 1 is 0.441 bits per heavy atom. The van der Waals surface area contributed by atoms with E-state index in [1.165, 1.54) is 17.1 Å². The first-order valence-corrected chi connectivity index (χ1v) is 13.1. The van der Waals surface area contributed by atoms with Gasteiger partial charge in [-0.2, -0.15) is 15.3 Å². The average Bonchev–Trinajstić information content (AvgIpc) is 3.45. The Labute approximate surface area is 207 Å². The molecule has 0 atom stereocenters. The molecule has 0 bridgehead atoms. The molecule has 0 radical (unpaired) electrons. The Balaban J connectivity index is 2.41. The highest BCUT2D eigenvalue weighted by molar-refractivity contribution is 6.53. The van der Waals surface area contributed by atoms with Gasteiger partial charge in [0.05, 0.1) is 17.1 Å². The molecule has 0 unspecified atom stereocenters. The lowest BCUT2D eigenvalue weighted by atomic mass is 9.89. The quantitative estimate of drug-likeness (QED) is 0.322. The van der Waals surface area contributed by atoms with Crippen LogP contribution in [0.5, 0.6) is 0 Å². The number of nitrogens with zero attached hydrogens (tertiary/aromatic N) is 6. The largest absolute Gasteiger partial charge is 0.569 e. The van der Waals surface area contributed by atoms with E-state index in [1.807, 2.05) is 0 Å². The van der Waals surface area contributed by atoms with Crippen LogP contribution in [0.4, 0.5) is 0 Å². The van der Waals surface area contributed by atoms with E-state index in [4.69, 9.17) is 15.3 Å². The predicted molar refractivity (Wildman–Crippen MR) is 143 cm³/mol. The lowest BCUT2D eigenvalue weighted by Gasteiger charge is -2.23.